The fourth-order valence-corrected chi connectivity index (χ4v) is 2.64. The second kappa shape index (κ2) is 7.00. The van der Waals surface area contributed by atoms with Crippen molar-refractivity contribution in [3.8, 4) is 0 Å². The van der Waals surface area contributed by atoms with Gasteiger partial charge in [0.15, 0.2) is 5.78 Å². The van der Waals surface area contributed by atoms with Crippen LogP contribution in [0.1, 0.15) is 32.0 Å². The van der Waals surface area contributed by atoms with Crippen molar-refractivity contribution < 1.29 is 19.5 Å². The van der Waals surface area contributed by atoms with Gasteiger partial charge in [-0.2, -0.15) is 0 Å². The highest BCUT2D eigenvalue weighted by molar-refractivity contribution is 7.12. The van der Waals surface area contributed by atoms with Gasteiger partial charge in [-0.3, -0.25) is 14.4 Å². The molecule has 0 saturated carbocycles. The fourth-order valence-electron chi connectivity index (χ4n) is 1.92. The lowest BCUT2D eigenvalue weighted by Gasteiger charge is -2.15. The number of nitrogens with one attached hydrogen (secondary N) is 1. The highest BCUT2D eigenvalue weighted by Gasteiger charge is 2.25. The largest absolute Gasteiger partial charge is 0.481 e. The van der Waals surface area contributed by atoms with Crippen molar-refractivity contribution >= 4 is 29.0 Å². The van der Waals surface area contributed by atoms with E-state index in [1.54, 1.807) is 41.8 Å². The molecule has 1 unspecified atom stereocenters. The van der Waals surface area contributed by atoms with Gasteiger partial charge in [-0.25, -0.2) is 0 Å². The summed E-state index contributed by atoms with van der Waals surface area (Å²) in [7, 11) is 0. The maximum Gasteiger partial charge on any atom is 0.305 e. The first-order valence-corrected chi connectivity index (χ1v) is 7.52. The van der Waals surface area contributed by atoms with Gasteiger partial charge in [0.1, 0.15) is 6.04 Å². The molecule has 0 aliphatic rings. The van der Waals surface area contributed by atoms with Gasteiger partial charge < -0.3 is 10.4 Å². The van der Waals surface area contributed by atoms with Crippen molar-refractivity contribution in [1.82, 2.24) is 5.32 Å². The Bertz CT molecular complexity index is 677. The quantitative estimate of drug-likeness (QED) is 0.802. The monoisotopic (exact) mass is 317 g/mol. The summed E-state index contributed by atoms with van der Waals surface area (Å²) in [6, 6.07) is 9.07. The molecule has 22 heavy (non-hydrogen) atoms. The first-order valence-electron chi connectivity index (χ1n) is 6.64. The van der Waals surface area contributed by atoms with Gasteiger partial charge >= 0.3 is 5.97 Å². The number of carboxylic acid groups (broad SMARTS) is 1. The van der Waals surface area contributed by atoms with Crippen LogP contribution < -0.4 is 5.32 Å². The van der Waals surface area contributed by atoms with Gasteiger partial charge in [-0.05, 0) is 30.5 Å². The number of rotatable bonds is 6. The average molecular weight is 317 g/mol. The number of thiophene rings is 1. The number of benzene rings is 1. The molecular formula is C16H15NO4S. The molecule has 0 saturated heterocycles. The molecule has 1 amide bonds. The van der Waals surface area contributed by atoms with Crippen LogP contribution in [-0.2, 0) is 4.79 Å². The summed E-state index contributed by atoms with van der Waals surface area (Å²) in [4.78, 5) is 35.8. The highest BCUT2D eigenvalue weighted by atomic mass is 32.1. The molecule has 2 N–H and O–H groups in total. The van der Waals surface area contributed by atoms with Crippen LogP contribution >= 0.6 is 11.3 Å². The van der Waals surface area contributed by atoms with E-state index in [-0.39, 0.29) is 0 Å². The van der Waals surface area contributed by atoms with Crippen molar-refractivity contribution in [2.45, 2.75) is 19.4 Å². The second-order valence-corrected chi connectivity index (χ2v) is 5.78. The van der Waals surface area contributed by atoms with E-state index < -0.39 is 30.1 Å². The van der Waals surface area contributed by atoms with E-state index in [9.17, 15) is 14.4 Å². The van der Waals surface area contributed by atoms with Crippen LogP contribution in [0.25, 0.3) is 0 Å². The highest BCUT2D eigenvalue weighted by Crippen LogP contribution is 2.14. The lowest BCUT2D eigenvalue weighted by molar-refractivity contribution is -0.137. The number of carbonyl (C=O) groups excluding carboxylic acids is 2. The number of Topliss-reactive ketones (excluding diaryl/α,β-unsaturated/α-hetero) is 1. The number of hydrogen-bond donors (Lipinski definition) is 2. The van der Waals surface area contributed by atoms with Crippen LogP contribution in [0.3, 0.4) is 0 Å². The van der Waals surface area contributed by atoms with Crippen LogP contribution in [-0.4, -0.2) is 28.8 Å². The SMILES string of the molecule is Cc1ccc(C(=O)NC(CC(=O)O)C(=O)c2cccs2)cc1. The summed E-state index contributed by atoms with van der Waals surface area (Å²) in [6.45, 7) is 1.90. The third kappa shape index (κ3) is 4.02. The molecule has 1 heterocycles. The Morgan fingerprint density at radius 2 is 1.86 bits per heavy atom. The summed E-state index contributed by atoms with van der Waals surface area (Å²) in [5.74, 6) is -1.99. The third-order valence-corrected chi connectivity index (χ3v) is 3.96. The zero-order valence-electron chi connectivity index (χ0n) is 11.9. The molecule has 0 aliphatic heterocycles. The third-order valence-electron chi connectivity index (χ3n) is 3.08. The molecule has 1 atom stereocenters. The smallest absolute Gasteiger partial charge is 0.305 e. The Hall–Kier alpha value is -2.47. The number of carboxylic acids is 1. The van der Waals surface area contributed by atoms with E-state index in [1.165, 1.54) is 11.3 Å². The predicted molar refractivity (Wildman–Crippen MR) is 83.3 cm³/mol. The van der Waals surface area contributed by atoms with E-state index in [0.29, 0.717) is 10.4 Å². The summed E-state index contributed by atoms with van der Waals surface area (Å²) in [5, 5.41) is 13.2. The summed E-state index contributed by atoms with van der Waals surface area (Å²) in [6.07, 6.45) is -0.450. The Morgan fingerprint density at radius 3 is 2.41 bits per heavy atom. The van der Waals surface area contributed by atoms with Crippen molar-refractivity contribution in [2.75, 3.05) is 0 Å². The second-order valence-electron chi connectivity index (χ2n) is 4.83. The lowest BCUT2D eigenvalue weighted by Crippen LogP contribution is -2.42. The Labute approximate surface area is 131 Å². The number of carbonyl (C=O) groups is 3. The number of ketones is 1. The molecule has 2 rings (SSSR count). The van der Waals surface area contributed by atoms with Gasteiger partial charge in [-0.15, -0.1) is 11.3 Å². The molecule has 0 spiro atoms. The molecule has 0 fully saturated rings. The van der Waals surface area contributed by atoms with Gasteiger partial charge in [0.2, 0.25) is 0 Å². The molecule has 114 valence electrons. The van der Waals surface area contributed by atoms with Gasteiger partial charge in [0.25, 0.3) is 5.91 Å². The molecule has 2 aromatic rings. The summed E-state index contributed by atoms with van der Waals surface area (Å²) in [5.41, 5.74) is 1.40. The van der Waals surface area contributed by atoms with Crippen LogP contribution in [0.5, 0.6) is 0 Å². The van der Waals surface area contributed by atoms with E-state index in [1.807, 2.05) is 6.92 Å². The minimum absolute atomic E-state index is 0.389. The maximum atomic E-state index is 12.3. The van der Waals surface area contributed by atoms with Gasteiger partial charge in [0, 0.05) is 5.56 Å². The average Bonchev–Trinajstić information content (AvgIpc) is 3.00. The lowest BCUT2D eigenvalue weighted by atomic mass is 10.1. The Kier molecular flexibility index (Phi) is 5.06. The molecule has 0 radical (unpaired) electrons. The number of aryl methyl sites for hydroxylation is 1. The van der Waals surface area contributed by atoms with Gasteiger partial charge in [-0.1, -0.05) is 23.8 Å². The van der Waals surface area contributed by atoms with E-state index in [2.05, 4.69) is 5.32 Å². The van der Waals surface area contributed by atoms with E-state index in [4.69, 9.17) is 5.11 Å². The standard InChI is InChI=1S/C16H15NO4S/c1-10-4-6-11(7-5-10)16(21)17-12(9-14(18)19)15(20)13-3-2-8-22-13/h2-8,12H,9H2,1H3,(H,17,21)(H,18,19). The van der Waals surface area contributed by atoms with E-state index in [0.717, 1.165) is 5.56 Å². The maximum absolute atomic E-state index is 12.3. The zero-order valence-corrected chi connectivity index (χ0v) is 12.7. The number of amides is 1. The predicted octanol–water partition coefficient (Wildman–Crippen LogP) is 2.51. The van der Waals surface area contributed by atoms with Crippen molar-refractivity contribution in [1.29, 1.82) is 0 Å². The minimum atomic E-state index is -1.14. The molecule has 1 aromatic carbocycles. The summed E-state index contributed by atoms with van der Waals surface area (Å²) >= 11 is 1.22. The van der Waals surface area contributed by atoms with Crippen LogP contribution in [0, 0.1) is 6.92 Å². The van der Waals surface area contributed by atoms with Crippen LogP contribution in [0.2, 0.25) is 0 Å². The molecule has 1 aromatic heterocycles. The topological polar surface area (TPSA) is 83.5 Å². The minimum Gasteiger partial charge on any atom is -0.481 e. The van der Waals surface area contributed by atoms with Crippen LogP contribution in [0.4, 0.5) is 0 Å². The van der Waals surface area contributed by atoms with E-state index >= 15 is 0 Å². The van der Waals surface area contributed by atoms with Gasteiger partial charge in [0.05, 0.1) is 11.3 Å². The fraction of sp³-hybridized carbons (Fsp3) is 0.188. The number of hydrogen-bond acceptors (Lipinski definition) is 4. The van der Waals surface area contributed by atoms with Crippen molar-refractivity contribution in [3.63, 3.8) is 0 Å². The Balaban J connectivity index is 2.15. The molecule has 0 bridgehead atoms. The van der Waals surface area contributed by atoms with Crippen molar-refractivity contribution in [2.24, 2.45) is 0 Å². The first-order chi connectivity index (χ1) is 10.5. The molecule has 5 nitrogen and oxygen atoms in total. The zero-order chi connectivity index (χ0) is 16.1. The number of aliphatic carboxylic acids is 1. The van der Waals surface area contributed by atoms with Crippen LogP contribution in [0.15, 0.2) is 41.8 Å². The first kappa shape index (κ1) is 15.9. The normalized spacial score (nSPS) is 11.7. The Morgan fingerprint density at radius 1 is 1.18 bits per heavy atom. The summed E-state index contributed by atoms with van der Waals surface area (Å²) < 4.78 is 0. The molecule has 6 heteroatoms. The molecule has 0 aliphatic carbocycles. The molecular weight excluding hydrogens is 302 g/mol. The van der Waals surface area contributed by atoms with Crippen molar-refractivity contribution in [3.05, 3.63) is 57.8 Å².